The van der Waals surface area contributed by atoms with Crippen LogP contribution < -0.4 is 10.0 Å². The van der Waals surface area contributed by atoms with Crippen LogP contribution in [0.3, 0.4) is 0 Å². The molecular formula is C11H19N3O3S. The predicted molar refractivity (Wildman–Crippen MR) is 67.6 cm³/mol. The quantitative estimate of drug-likeness (QED) is 0.814. The number of sulfonamides is 1. The van der Waals surface area contributed by atoms with Crippen LogP contribution in [0.5, 0.6) is 0 Å². The van der Waals surface area contributed by atoms with Crippen molar-refractivity contribution in [2.75, 3.05) is 12.3 Å². The van der Waals surface area contributed by atoms with Crippen molar-refractivity contribution in [3.8, 4) is 0 Å². The van der Waals surface area contributed by atoms with Crippen molar-refractivity contribution in [1.29, 1.82) is 0 Å². The SMILES string of the molecule is Cc1nc(CNS(=O)(=O)CC2CCCN2)oc1C. The van der Waals surface area contributed by atoms with Crippen molar-refractivity contribution < 1.29 is 12.8 Å². The first-order valence-electron chi connectivity index (χ1n) is 6.10. The summed E-state index contributed by atoms with van der Waals surface area (Å²) in [5.74, 6) is 1.25. The van der Waals surface area contributed by atoms with Crippen LogP contribution >= 0.6 is 0 Å². The summed E-state index contributed by atoms with van der Waals surface area (Å²) < 4.78 is 31.5. The third-order valence-corrected chi connectivity index (χ3v) is 4.52. The van der Waals surface area contributed by atoms with Crippen LogP contribution in [0.15, 0.2) is 4.42 Å². The first kappa shape index (κ1) is 13.5. The third-order valence-electron chi connectivity index (χ3n) is 3.10. The molecule has 0 aromatic carbocycles. The van der Waals surface area contributed by atoms with Crippen LogP contribution in [0.4, 0.5) is 0 Å². The molecule has 0 spiro atoms. The van der Waals surface area contributed by atoms with E-state index in [4.69, 9.17) is 4.42 Å². The second kappa shape index (κ2) is 5.38. The van der Waals surface area contributed by atoms with Gasteiger partial charge in [-0.05, 0) is 33.2 Å². The van der Waals surface area contributed by atoms with Gasteiger partial charge in [0.1, 0.15) is 5.76 Å². The lowest BCUT2D eigenvalue weighted by Crippen LogP contribution is -2.36. The summed E-state index contributed by atoms with van der Waals surface area (Å²) >= 11 is 0. The number of nitrogens with zero attached hydrogens (tertiary/aromatic N) is 1. The second-order valence-corrected chi connectivity index (χ2v) is 6.50. The fraction of sp³-hybridized carbons (Fsp3) is 0.727. The summed E-state index contributed by atoms with van der Waals surface area (Å²) in [6.07, 6.45) is 1.95. The van der Waals surface area contributed by atoms with Gasteiger partial charge in [0.05, 0.1) is 18.0 Å². The molecule has 2 N–H and O–H groups in total. The molecule has 1 saturated heterocycles. The summed E-state index contributed by atoms with van der Waals surface area (Å²) in [5.41, 5.74) is 0.793. The van der Waals surface area contributed by atoms with Crippen molar-refractivity contribution in [2.45, 2.75) is 39.3 Å². The maximum absolute atomic E-state index is 11.8. The Balaban J connectivity index is 1.88. The smallest absolute Gasteiger partial charge is 0.213 e. The van der Waals surface area contributed by atoms with Gasteiger partial charge >= 0.3 is 0 Å². The maximum atomic E-state index is 11.8. The second-order valence-electron chi connectivity index (χ2n) is 4.65. The Morgan fingerprint density at radius 1 is 1.50 bits per heavy atom. The van der Waals surface area contributed by atoms with Crippen molar-refractivity contribution >= 4 is 10.0 Å². The minimum atomic E-state index is -3.28. The Hall–Kier alpha value is -0.920. The van der Waals surface area contributed by atoms with Crippen LogP contribution in [0, 0.1) is 13.8 Å². The van der Waals surface area contributed by atoms with Crippen LogP contribution in [-0.4, -0.2) is 31.7 Å². The Bertz CT molecular complexity index is 484. The molecule has 6 nitrogen and oxygen atoms in total. The van der Waals surface area contributed by atoms with E-state index in [1.807, 2.05) is 13.8 Å². The van der Waals surface area contributed by atoms with E-state index in [1.54, 1.807) is 0 Å². The zero-order chi connectivity index (χ0) is 13.2. The van der Waals surface area contributed by atoms with Gasteiger partial charge in [-0.3, -0.25) is 0 Å². The number of hydrogen-bond donors (Lipinski definition) is 2. The van der Waals surface area contributed by atoms with E-state index in [-0.39, 0.29) is 18.3 Å². The summed E-state index contributed by atoms with van der Waals surface area (Å²) in [4.78, 5) is 4.14. The summed E-state index contributed by atoms with van der Waals surface area (Å²) in [5, 5.41) is 3.17. The highest BCUT2D eigenvalue weighted by Gasteiger charge is 2.22. The molecule has 0 aliphatic carbocycles. The molecule has 0 saturated carbocycles. The lowest BCUT2D eigenvalue weighted by atomic mass is 10.3. The fourth-order valence-electron chi connectivity index (χ4n) is 2.01. The maximum Gasteiger partial charge on any atom is 0.213 e. The van der Waals surface area contributed by atoms with Crippen LogP contribution in [-0.2, 0) is 16.6 Å². The molecule has 2 heterocycles. The molecule has 7 heteroatoms. The van der Waals surface area contributed by atoms with E-state index in [1.165, 1.54) is 0 Å². The Morgan fingerprint density at radius 2 is 2.28 bits per heavy atom. The first-order chi connectivity index (χ1) is 8.46. The van der Waals surface area contributed by atoms with Gasteiger partial charge in [0.25, 0.3) is 0 Å². The molecule has 0 bridgehead atoms. The molecule has 18 heavy (non-hydrogen) atoms. The highest BCUT2D eigenvalue weighted by atomic mass is 32.2. The average Bonchev–Trinajstić information content (AvgIpc) is 2.87. The van der Waals surface area contributed by atoms with Gasteiger partial charge < -0.3 is 9.73 Å². The topological polar surface area (TPSA) is 84.2 Å². The van der Waals surface area contributed by atoms with Gasteiger partial charge in [-0.25, -0.2) is 18.1 Å². The van der Waals surface area contributed by atoms with E-state index in [0.717, 1.165) is 30.8 Å². The van der Waals surface area contributed by atoms with E-state index in [2.05, 4.69) is 15.0 Å². The molecule has 102 valence electrons. The lowest BCUT2D eigenvalue weighted by molar-refractivity contribution is 0.462. The highest BCUT2D eigenvalue weighted by Crippen LogP contribution is 2.10. The summed E-state index contributed by atoms with van der Waals surface area (Å²) in [6.45, 7) is 4.66. The number of rotatable bonds is 5. The monoisotopic (exact) mass is 273 g/mol. The van der Waals surface area contributed by atoms with Gasteiger partial charge in [0.15, 0.2) is 0 Å². The zero-order valence-electron chi connectivity index (χ0n) is 10.7. The fourth-order valence-corrected chi connectivity index (χ4v) is 3.28. The molecule has 1 aliphatic rings. The van der Waals surface area contributed by atoms with Crippen LogP contribution in [0.25, 0.3) is 0 Å². The summed E-state index contributed by atoms with van der Waals surface area (Å²) in [7, 11) is -3.28. The van der Waals surface area contributed by atoms with Gasteiger partial charge in [-0.1, -0.05) is 0 Å². The first-order valence-corrected chi connectivity index (χ1v) is 7.75. The number of oxazole rings is 1. The van der Waals surface area contributed by atoms with Gasteiger partial charge in [0.2, 0.25) is 15.9 Å². The summed E-state index contributed by atoms with van der Waals surface area (Å²) in [6, 6.07) is 0.0653. The highest BCUT2D eigenvalue weighted by molar-refractivity contribution is 7.89. The lowest BCUT2D eigenvalue weighted by Gasteiger charge is -2.10. The number of aromatic nitrogens is 1. The van der Waals surface area contributed by atoms with Gasteiger partial charge in [0, 0.05) is 6.04 Å². The van der Waals surface area contributed by atoms with E-state index in [0.29, 0.717) is 5.89 Å². The number of hydrogen-bond acceptors (Lipinski definition) is 5. The number of aryl methyl sites for hydroxylation is 2. The molecule has 0 radical (unpaired) electrons. The Morgan fingerprint density at radius 3 is 2.83 bits per heavy atom. The van der Waals surface area contributed by atoms with E-state index < -0.39 is 10.0 Å². The van der Waals surface area contributed by atoms with Crippen molar-refractivity contribution in [3.05, 3.63) is 17.3 Å². The third kappa shape index (κ3) is 3.54. The molecular weight excluding hydrogens is 254 g/mol. The van der Waals surface area contributed by atoms with Crippen LogP contribution in [0.1, 0.15) is 30.2 Å². The Kier molecular flexibility index (Phi) is 4.04. The predicted octanol–water partition coefficient (Wildman–Crippen LogP) is 0.463. The van der Waals surface area contributed by atoms with E-state index in [9.17, 15) is 8.42 Å². The molecule has 1 aromatic rings. The molecule has 1 atom stereocenters. The minimum absolute atomic E-state index is 0.0653. The zero-order valence-corrected chi connectivity index (χ0v) is 11.5. The van der Waals surface area contributed by atoms with E-state index >= 15 is 0 Å². The standard InChI is InChI=1S/C11H19N3O3S/c1-8-9(2)17-11(14-8)6-13-18(15,16)7-10-4-3-5-12-10/h10,12-13H,3-7H2,1-2H3. The average molecular weight is 273 g/mol. The van der Waals surface area contributed by atoms with Gasteiger partial charge in [-0.2, -0.15) is 0 Å². The Labute approximate surface area is 107 Å². The van der Waals surface area contributed by atoms with Crippen molar-refractivity contribution in [1.82, 2.24) is 15.0 Å². The molecule has 1 unspecified atom stereocenters. The molecule has 1 aliphatic heterocycles. The largest absolute Gasteiger partial charge is 0.444 e. The van der Waals surface area contributed by atoms with Crippen molar-refractivity contribution in [2.24, 2.45) is 0 Å². The molecule has 1 aromatic heterocycles. The van der Waals surface area contributed by atoms with Crippen molar-refractivity contribution in [3.63, 3.8) is 0 Å². The molecule has 0 amide bonds. The minimum Gasteiger partial charge on any atom is -0.444 e. The molecule has 1 fully saturated rings. The van der Waals surface area contributed by atoms with Crippen LogP contribution in [0.2, 0.25) is 0 Å². The van der Waals surface area contributed by atoms with Gasteiger partial charge in [-0.15, -0.1) is 0 Å². The number of nitrogens with one attached hydrogen (secondary N) is 2. The normalized spacial score (nSPS) is 20.4. The molecule has 2 rings (SSSR count).